The molecule has 0 saturated heterocycles. The predicted molar refractivity (Wildman–Crippen MR) is 90.4 cm³/mol. The van der Waals surface area contributed by atoms with Gasteiger partial charge >= 0.3 is 17.9 Å². The number of nitrogens with one attached hydrogen (secondary N) is 1. The predicted octanol–water partition coefficient (Wildman–Crippen LogP) is 1.09. The van der Waals surface area contributed by atoms with Crippen LogP contribution in [0.2, 0.25) is 0 Å². The average Bonchev–Trinajstić information content (AvgIpc) is 2.85. The number of fused-ring (bicyclic) bond motifs is 2. The minimum atomic E-state index is -1.85. The zero-order valence-corrected chi connectivity index (χ0v) is 14.5. The van der Waals surface area contributed by atoms with Crippen LogP contribution in [0, 0.1) is 0 Å². The summed E-state index contributed by atoms with van der Waals surface area (Å²) in [6.07, 6.45) is 0. The highest BCUT2D eigenvalue weighted by Crippen LogP contribution is 2.52. The van der Waals surface area contributed by atoms with Gasteiger partial charge in [0.2, 0.25) is 0 Å². The largest absolute Gasteiger partial charge is 0.466 e. The minimum absolute atomic E-state index is 0.0492. The summed E-state index contributed by atoms with van der Waals surface area (Å²) in [5, 5.41) is 2.89. The van der Waals surface area contributed by atoms with Crippen LogP contribution in [-0.2, 0) is 34.0 Å². The van der Waals surface area contributed by atoms with E-state index in [-0.39, 0.29) is 29.3 Å². The lowest BCUT2D eigenvalue weighted by molar-refractivity contribution is -0.146. The maximum atomic E-state index is 13.0. The van der Waals surface area contributed by atoms with Gasteiger partial charge in [-0.2, -0.15) is 0 Å². The second-order valence-corrected chi connectivity index (χ2v) is 5.74. The van der Waals surface area contributed by atoms with Gasteiger partial charge in [-0.1, -0.05) is 18.2 Å². The topological polar surface area (TPSA) is 117 Å². The molecule has 0 saturated carbocycles. The quantitative estimate of drug-likeness (QED) is 0.609. The SMILES string of the molecule is CCOC(=O)C1=C(N)Nc2ccccc2C12C(=O)OC(C)=C2C(=O)OC. The monoisotopic (exact) mass is 358 g/mol. The maximum absolute atomic E-state index is 13.0. The third-order valence-corrected chi connectivity index (χ3v) is 4.39. The molecule has 1 spiro atoms. The van der Waals surface area contributed by atoms with Crippen LogP contribution in [0.15, 0.2) is 47.0 Å². The van der Waals surface area contributed by atoms with Crippen molar-refractivity contribution >= 4 is 23.6 Å². The first-order valence-corrected chi connectivity index (χ1v) is 7.95. The molecular weight excluding hydrogens is 340 g/mol. The fraction of sp³-hybridized carbons (Fsp3) is 0.278. The molecule has 2 aliphatic rings. The molecule has 1 aromatic rings. The summed E-state index contributed by atoms with van der Waals surface area (Å²) in [5.74, 6) is -2.46. The van der Waals surface area contributed by atoms with Gasteiger partial charge in [0.1, 0.15) is 22.7 Å². The number of hydrogen-bond donors (Lipinski definition) is 2. The van der Waals surface area contributed by atoms with E-state index in [1.54, 1.807) is 31.2 Å². The summed E-state index contributed by atoms with van der Waals surface area (Å²) < 4.78 is 15.2. The number of methoxy groups -OCH3 is 1. The lowest BCUT2D eigenvalue weighted by Gasteiger charge is -2.35. The summed E-state index contributed by atoms with van der Waals surface area (Å²) in [6, 6.07) is 6.72. The van der Waals surface area contributed by atoms with Gasteiger partial charge < -0.3 is 25.3 Å². The first-order chi connectivity index (χ1) is 12.4. The normalized spacial score (nSPS) is 21.3. The molecule has 0 bridgehead atoms. The molecule has 1 atom stereocenters. The molecule has 1 unspecified atom stereocenters. The first kappa shape index (κ1) is 17.5. The molecule has 136 valence electrons. The van der Waals surface area contributed by atoms with Crippen LogP contribution in [0.1, 0.15) is 19.4 Å². The Labute approximate surface area is 149 Å². The summed E-state index contributed by atoms with van der Waals surface area (Å²) in [7, 11) is 1.18. The molecule has 0 aromatic heterocycles. The van der Waals surface area contributed by atoms with E-state index < -0.39 is 23.3 Å². The molecule has 0 radical (unpaired) electrons. The highest BCUT2D eigenvalue weighted by Gasteiger charge is 2.62. The Hall–Kier alpha value is -3.29. The van der Waals surface area contributed by atoms with Crippen LogP contribution in [-0.4, -0.2) is 31.6 Å². The van der Waals surface area contributed by atoms with Crippen molar-refractivity contribution in [1.82, 2.24) is 0 Å². The van der Waals surface area contributed by atoms with Crippen molar-refractivity contribution < 1.29 is 28.6 Å². The summed E-state index contributed by atoms with van der Waals surface area (Å²) in [4.78, 5) is 38.3. The molecule has 0 fully saturated rings. The summed E-state index contributed by atoms with van der Waals surface area (Å²) in [6.45, 7) is 3.15. The van der Waals surface area contributed by atoms with Crippen molar-refractivity contribution in [3.8, 4) is 0 Å². The van der Waals surface area contributed by atoms with Crippen molar-refractivity contribution in [2.75, 3.05) is 19.0 Å². The Morgan fingerprint density at radius 1 is 1.23 bits per heavy atom. The van der Waals surface area contributed by atoms with Crippen molar-refractivity contribution in [2.24, 2.45) is 5.73 Å². The van der Waals surface area contributed by atoms with Gasteiger partial charge in [0, 0.05) is 11.3 Å². The van der Waals surface area contributed by atoms with Crippen LogP contribution in [0.4, 0.5) is 5.69 Å². The van der Waals surface area contributed by atoms with E-state index >= 15 is 0 Å². The maximum Gasteiger partial charge on any atom is 0.339 e. The number of anilines is 1. The number of nitrogens with two attached hydrogens (primary N) is 1. The molecule has 2 heterocycles. The van der Waals surface area contributed by atoms with Crippen LogP contribution in [0.5, 0.6) is 0 Å². The molecule has 2 aliphatic heterocycles. The molecular formula is C18H18N2O6. The van der Waals surface area contributed by atoms with Gasteiger partial charge in [-0.25, -0.2) is 14.4 Å². The van der Waals surface area contributed by atoms with Gasteiger partial charge in [0.15, 0.2) is 5.41 Å². The zero-order chi connectivity index (χ0) is 19.1. The minimum Gasteiger partial charge on any atom is -0.466 e. The third kappa shape index (κ3) is 2.18. The second kappa shape index (κ2) is 6.21. The fourth-order valence-corrected chi connectivity index (χ4v) is 3.43. The van der Waals surface area contributed by atoms with Crippen molar-refractivity contribution in [1.29, 1.82) is 0 Å². The molecule has 26 heavy (non-hydrogen) atoms. The van der Waals surface area contributed by atoms with Crippen molar-refractivity contribution in [3.63, 3.8) is 0 Å². The molecule has 1 aromatic carbocycles. The first-order valence-electron chi connectivity index (χ1n) is 7.95. The van der Waals surface area contributed by atoms with Crippen LogP contribution < -0.4 is 11.1 Å². The van der Waals surface area contributed by atoms with Gasteiger partial charge in [-0.3, -0.25) is 0 Å². The van der Waals surface area contributed by atoms with E-state index in [2.05, 4.69) is 5.32 Å². The molecule has 0 amide bonds. The van der Waals surface area contributed by atoms with Crippen LogP contribution in [0.25, 0.3) is 0 Å². The van der Waals surface area contributed by atoms with Gasteiger partial charge in [0.05, 0.1) is 13.7 Å². The van der Waals surface area contributed by atoms with E-state index in [0.29, 0.717) is 11.3 Å². The fourth-order valence-electron chi connectivity index (χ4n) is 3.43. The Morgan fingerprint density at radius 3 is 2.58 bits per heavy atom. The van der Waals surface area contributed by atoms with Crippen LogP contribution in [0.3, 0.4) is 0 Å². The van der Waals surface area contributed by atoms with Gasteiger partial charge in [-0.15, -0.1) is 0 Å². The molecule has 8 heteroatoms. The lowest BCUT2D eigenvalue weighted by atomic mass is 9.67. The van der Waals surface area contributed by atoms with Gasteiger partial charge in [0.25, 0.3) is 0 Å². The van der Waals surface area contributed by atoms with Crippen molar-refractivity contribution in [3.05, 3.63) is 52.6 Å². The summed E-state index contributed by atoms with van der Waals surface area (Å²) in [5.41, 5.74) is 4.78. The van der Waals surface area contributed by atoms with E-state index in [1.165, 1.54) is 14.0 Å². The number of carbonyl (C=O) groups is 3. The van der Waals surface area contributed by atoms with E-state index in [4.69, 9.17) is 19.9 Å². The second-order valence-electron chi connectivity index (χ2n) is 5.74. The van der Waals surface area contributed by atoms with E-state index in [0.717, 1.165) is 0 Å². The Bertz CT molecular complexity index is 885. The zero-order valence-electron chi connectivity index (χ0n) is 14.5. The standard InChI is InChI=1S/C18H18N2O6/c1-4-25-16(22)13-14(19)20-11-8-6-5-7-10(11)18(13)12(15(21)24-3)9(2)26-17(18)23/h5-8,20H,4,19H2,1-3H3. The highest BCUT2D eigenvalue weighted by molar-refractivity contribution is 6.15. The van der Waals surface area contributed by atoms with E-state index in [1.807, 2.05) is 0 Å². The Balaban J connectivity index is 2.41. The number of hydrogen-bond acceptors (Lipinski definition) is 8. The number of allylic oxidation sites excluding steroid dienone is 1. The molecule has 3 N–H and O–H groups in total. The number of esters is 3. The smallest absolute Gasteiger partial charge is 0.339 e. The van der Waals surface area contributed by atoms with Gasteiger partial charge in [-0.05, 0) is 19.9 Å². The number of benzene rings is 1. The highest BCUT2D eigenvalue weighted by atomic mass is 16.6. The van der Waals surface area contributed by atoms with E-state index in [9.17, 15) is 14.4 Å². The average molecular weight is 358 g/mol. The number of carbonyl (C=O) groups excluding carboxylic acids is 3. The molecule has 0 aliphatic carbocycles. The summed E-state index contributed by atoms with van der Waals surface area (Å²) >= 11 is 0. The lowest BCUT2D eigenvalue weighted by Crippen LogP contribution is -2.47. The Kier molecular flexibility index (Phi) is 4.19. The van der Waals surface area contributed by atoms with Crippen molar-refractivity contribution in [2.45, 2.75) is 19.3 Å². The number of cyclic esters (lactones) is 1. The van der Waals surface area contributed by atoms with Crippen LogP contribution >= 0.6 is 0 Å². The Morgan fingerprint density at radius 2 is 1.92 bits per heavy atom. The number of ether oxygens (including phenoxy) is 3. The number of rotatable bonds is 3. The number of para-hydroxylation sites is 1. The molecule has 8 nitrogen and oxygen atoms in total. The third-order valence-electron chi connectivity index (χ3n) is 4.39. The molecule has 3 rings (SSSR count).